The minimum atomic E-state index is -0.767. The molecule has 0 aliphatic rings. The van der Waals surface area contributed by atoms with Gasteiger partial charge in [-0.25, -0.2) is 0 Å². The van der Waals surface area contributed by atoms with Crippen LogP contribution in [0.25, 0.3) is 0 Å². The molecule has 0 aliphatic heterocycles. The highest BCUT2D eigenvalue weighted by Gasteiger charge is 2.27. The van der Waals surface area contributed by atoms with E-state index in [1.807, 2.05) is 24.3 Å². The number of carboxylic acid groups (broad SMARTS) is 1. The number of carboxylic acids is 1. The molecule has 1 aromatic carbocycles. The van der Waals surface area contributed by atoms with Gasteiger partial charge in [-0.1, -0.05) is 12.1 Å². The zero-order valence-corrected chi connectivity index (χ0v) is 13.0. The Morgan fingerprint density at radius 1 is 1.40 bits per heavy atom. The summed E-state index contributed by atoms with van der Waals surface area (Å²) in [5.74, 6) is 0.0542. The van der Waals surface area contributed by atoms with Crippen LogP contribution in [0.4, 0.5) is 0 Å². The molecular weight excluding hydrogens is 254 g/mol. The predicted octanol–water partition coefficient (Wildman–Crippen LogP) is 3.33. The molecule has 0 saturated carbocycles. The normalized spacial score (nSPS) is 13.3. The van der Waals surface area contributed by atoms with Crippen LogP contribution < -0.4 is 4.74 Å². The number of hydrogen-bond donors (Lipinski definition) is 1. The lowest BCUT2D eigenvalue weighted by molar-refractivity contribution is -0.137. The molecule has 1 aromatic rings. The molecule has 0 radical (unpaired) electrons. The summed E-state index contributed by atoms with van der Waals surface area (Å²) in [5.41, 5.74) is 1.03. The van der Waals surface area contributed by atoms with Crippen LogP contribution in [0.5, 0.6) is 5.75 Å². The molecular formula is C16H25NO3. The van der Waals surface area contributed by atoms with Crippen LogP contribution in [0.2, 0.25) is 0 Å². The lowest BCUT2D eigenvalue weighted by Gasteiger charge is -2.40. The molecule has 0 spiro atoms. The zero-order chi connectivity index (χ0) is 15.3. The Hall–Kier alpha value is -1.55. The second-order valence-electron chi connectivity index (χ2n) is 5.96. The number of methoxy groups -OCH3 is 1. The Bertz CT molecular complexity index is 451. The standard InChI is InChI=1S/C16H25NO3/c1-12(13-7-6-8-14(11-13)20-5)17(16(2,3)4)10-9-15(18)19/h6-8,11-12H,9-10H2,1-5H3,(H,18,19). The Morgan fingerprint density at radius 3 is 2.55 bits per heavy atom. The largest absolute Gasteiger partial charge is 0.497 e. The van der Waals surface area contributed by atoms with Crippen molar-refractivity contribution >= 4 is 5.97 Å². The van der Waals surface area contributed by atoms with Crippen LogP contribution in [0.1, 0.15) is 45.7 Å². The lowest BCUT2D eigenvalue weighted by atomic mass is 9.98. The van der Waals surface area contributed by atoms with Gasteiger partial charge in [0.15, 0.2) is 0 Å². The van der Waals surface area contributed by atoms with Crippen molar-refractivity contribution in [1.29, 1.82) is 0 Å². The molecule has 1 N–H and O–H groups in total. The van der Waals surface area contributed by atoms with Crippen molar-refractivity contribution in [2.75, 3.05) is 13.7 Å². The van der Waals surface area contributed by atoms with E-state index in [0.29, 0.717) is 6.54 Å². The molecule has 0 saturated heterocycles. The lowest BCUT2D eigenvalue weighted by Crippen LogP contribution is -2.44. The Kier molecular flexibility index (Phi) is 5.57. The average Bonchev–Trinajstić information content (AvgIpc) is 2.36. The number of rotatable bonds is 6. The number of carbonyl (C=O) groups is 1. The maximum absolute atomic E-state index is 10.8. The van der Waals surface area contributed by atoms with Crippen molar-refractivity contribution in [1.82, 2.24) is 4.90 Å². The number of aliphatic carboxylic acids is 1. The van der Waals surface area contributed by atoms with Crippen molar-refractivity contribution in [2.45, 2.75) is 45.7 Å². The second-order valence-corrected chi connectivity index (χ2v) is 5.96. The van der Waals surface area contributed by atoms with E-state index in [9.17, 15) is 4.79 Å². The van der Waals surface area contributed by atoms with Crippen molar-refractivity contribution in [3.63, 3.8) is 0 Å². The molecule has 1 atom stereocenters. The highest BCUT2D eigenvalue weighted by Crippen LogP contribution is 2.29. The third-order valence-electron chi connectivity index (χ3n) is 3.47. The third-order valence-corrected chi connectivity index (χ3v) is 3.47. The van der Waals surface area contributed by atoms with Gasteiger partial charge < -0.3 is 9.84 Å². The van der Waals surface area contributed by atoms with Gasteiger partial charge in [0.25, 0.3) is 0 Å². The maximum Gasteiger partial charge on any atom is 0.304 e. The summed E-state index contributed by atoms with van der Waals surface area (Å²) in [6, 6.07) is 8.05. The Morgan fingerprint density at radius 2 is 2.05 bits per heavy atom. The van der Waals surface area contributed by atoms with E-state index < -0.39 is 5.97 Å². The molecule has 0 aliphatic carbocycles. The molecule has 1 rings (SSSR count). The molecule has 0 amide bonds. The van der Waals surface area contributed by atoms with E-state index in [0.717, 1.165) is 11.3 Å². The van der Waals surface area contributed by atoms with Gasteiger partial charge in [0, 0.05) is 18.1 Å². The molecule has 20 heavy (non-hydrogen) atoms. The first kappa shape index (κ1) is 16.5. The first-order valence-corrected chi connectivity index (χ1v) is 6.88. The summed E-state index contributed by atoms with van der Waals surface area (Å²) in [5, 5.41) is 8.92. The SMILES string of the molecule is COc1cccc(C(C)N(CCC(=O)O)C(C)(C)C)c1. The monoisotopic (exact) mass is 279 g/mol. The molecule has 0 bridgehead atoms. The summed E-state index contributed by atoms with van der Waals surface area (Å²) in [4.78, 5) is 13.0. The summed E-state index contributed by atoms with van der Waals surface area (Å²) >= 11 is 0. The molecule has 0 aromatic heterocycles. The highest BCUT2D eigenvalue weighted by atomic mass is 16.5. The third kappa shape index (κ3) is 4.53. The van der Waals surface area contributed by atoms with Gasteiger partial charge >= 0.3 is 5.97 Å². The Labute approximate surface area is 121 Å². The summed E-state index contributed by atoms with van der Waals surface area (Å²) in [7, 11) is 1.65. The quantitative estimate of drug-likeness (QED) is 0.867. The van der Waals surface area contributed by atoms with Gasteiger partial charge in [-0.2, -0.15) is 0 Å². The molecule has 0 heterocycles. The summed E-state index contributed by atoms with van der Waals surface area (Å²) in [6.45, 7) is 8.93. The van der Waals surface area contributed by atoms with Gasteiger partial charge in [0.05, 0.1) is 13.5 Å². The number of nitrogens with zero attached hydrogens (tertiary/aromatic N) is 1. The van der Waals surface area contributed by atoms with E-state index in [4.69, 9.17) is 9.84 Å². The molecule has 112 valence electrons. The topological polar surface area (TPSA) is 49.8 Å². The average molecular weight is 279 g/mol. The van der Waals surface area contributed by atoms with Crippen LogP contribution >= 0.6 is 0 Å². The first-order chi connectivity index (χ1) is 9.25. The first-order valence-electron chi connectivity index (χ1n) is 6.88. The smallest absolute Gasteiger partial charge is 0.304 e. The summed E-state index contributed by atoms with van der Waals surface area (Å²) < 4.78 is 5.26. The van der Waals surface area contributed by atoms with E-state index in [1.54, 1.807) is 7.11 Å². The van der Waals surface area contributed by atoms with Crippen LogP contribution in [0.3, 0.4) is 0 Å². The van der Waals surface area contributed by atoms with Gasteiger partial charge in [0.2, 0.25) is 0 Å². The van der Waals surface area contributed by atoms with Crippen LogP contribution in [0, 0.1) is 0 Å². The van der Waals surface area contributed by atoms with Gasteiger partial charge in [-0.15, -0.1) is 0 Å². The van der Waals surface area contributed by atoms with E-state index in [1.165, 1.54) is 0 Å². The van der Waals surface area contributed by atoms with Gasteiger partial charge in [-0.05, 0) is 45.4 Å². The number of benzene rings is 1. The van der Waals surface area contributed by atoms with Crippen LogP contribution in [-0.2, 0) is 4.79 Å². The van der Waals surface area contributed by atoms with Crippen molar-refractivity contribution in [3.05, 3.63) is 29.8 Å². The fourth-order valence-electron chi connectivity index (χ4n) is 2.41. The fraction of sp³-hybridized carbons (Fsp3) is 0.562. The highest BCUT2D eigenvalue weighted by molar-refractivity contribution is 5.66. The van der Waals surface area contributed by atoms with Crippen molar-refractivity contribution in [3.8, 4) is 5.75 Å². The fourth-order valence-corrected chi connectivity index (χ4v) is 2.41. The number of hydrogen-bond acceptors (Lipinski definition) is 3. The zero-order valence-electron chi connectivity index (χ0n) is 13.0. The Balaban J connectivity index is 2.96. The minimum absolute atomic E-state index is 0.0993. The molecule has 0 fully saturated rings. The van der Waals surface area contributed by atoms with Gasteiger partial charge in [0.1, 0.15) is 5.75 Å². The van der Waals surface area contributed by atoms with Crippen molar-refractivity contribution < 1.29 is 14.6 Å². The molecule has 1 unspecified atom stereocenters. The van der Waals surface area contributed by atoms with Crippen molar-refractivity contribution in [2.24, 2.45) is 0 Å². The van der Waals surface area contributed by atoms with E-state index >= 15 is 0 Å². The van der Waals surface area contributed by atoms with E-state index in [-0.39, 0.29) is 18.0 Å². The predicted molar refractivity (Wildman–Crippen MR) is 80.1 cm³/mol. The maximum atomic E-state index is 10.8. The second kappa shape index (κ2) is 6.75. The van der Waals surface area contributed by atoms with Gasteiger partial charge in [-0.3, -0.25) is 9.69 Å². The number of ether oxygens (including phenoxy) is 1. The minimum Gasteiger partial charge on any atom is -0.497 e. The summed E-state index contributed by atoms with van der Waals surface area (Å²) in [6.07, 6.45) is 0.144. The van der Waals surface area contributed by atoms with E-state index in [2.05, 4.69) is 32.6 Å². The molecule has 4 heteroatoms. The molecule has 4 nitrogen and oxygen atoms in total. The van der Waals surface area contributed by atoms with Crippen LogP contribution in [0.15, 0.2) is 24.3 Å². The van der Waals surface area contributed by atoms with Crippen LogP contribution in [-0.4, -0.2) is 35.2 Å².